The molecule has 164 valence electrons. The topological polar surface area (TPSA) is 111 Å². The molecular weight excluding hydrogens is 413 g/mol. The van der Waals surface area contributed by atoms with Crippen LogP contribution < -0.4 is 5.32 Å². The highest BCUT2D eigenvalue weighted by Gasteiger charge is 2.18. The molecule has 4 rings (SSSR count). The Bertz CT molecular complexity index is 1310. The van der Waals surface area contributed by atoms with Gasteiger partial charge >= 0.3 is 5.97 Å². The molecule has 0 spiro atoms. The number of carboxylic acids is 1. The third kappa shape index (κ3) is 3.94. The summed E-state index contributed by atoms with van der Waals surface area (Å²) in [6.45, 7) is 7.37. The summed E-state index contributed by atoms with van der Waals surface area (Å²) in [6.07, 6.45) is 1.31. The Hall–Kier alpha value is -4.08. The highest BCUT2D eigenvalue weighted by Crippen LogP contribution is 2.26. The first-order valence-corrected chi connectivity index (χ1v) is 9.93. The molecule has 0 aliphatic rings. The van der Waals surface area contributed by atoms with Crippen molar-refractivity contribution in [1.29, 1.82) is 0 Å². The third-order valence-electron chi connectivity index (χ3n) is 5.25. The number of hydrogen-bond donors (Lipinski definition) is 2. The molecule has 0 unspecified atom stereocenters. The predicted octanol–water partition coefficient (Wildman–Crippen LogP) is 3.59. The summed E-state index contributed by atoms with van der Waals surface area (Å²) < 4.78 is 16.6. The Labute approximate surface area is 183 Å². The standard InChI is InChI=1S/C22H22FN7O2/c1-12-18(9-21(31)32)14(3)30(27-12)20-10-19(24-11-25-20)26-22-13(2)28-29(15(22)4)17-7-5-16(23)6-8-17/h5-8,10-11H,9H2,1-4H3,(H,31,32)(H,24,25,26). The molecule has 0 fully saturated rings. The SMILES string of the molecule is Cc1nn(-c2cc(Nc3c(C)nn(-c4ccc(F)cc4)c3C)ncn2)c(C)c1CC(=O)O. The zero-order chi connectivity index (χ0) is 23.0. The summed E-state index contributed by atoms with van der Waals surface area (Å²) in [5.74, 6) is -0.170. The first-order valence-electron chi connectivity index (χ1n) is 9.93. The minimum absolute atomic E-state index is 0.102. The van der Waals surface area contributed by atoms with Gasteiger partial charge in [0.2, 0.25) is 0 Å². The molecule has 4 aromatic rings. The van der Waals surface area contributed by atoms with Crippen LogP contribution in [0.15, 0.2) is 36.7 Å². The highest BCUT2D eigenvalue weighted by atomic mass is 19.1. The van der Waals surface area contributed by atoms with Crippen LogP contribution in [0.3, 0.4) is 0 Å². The van der Waals surface area contributed by atoms with Gasteiger partial charge in [0.15, 0.2) is 5.82 Å². The summed E-state index contributed by atoms with van der Waals surface area (Å²) in [6, 6.07) is 7.85. The fourth-order valence-electron chi connectivity index (χ4n) is 3.62. The number of aryl methyl sites for hydroxylation is 2. The molecule has 0 amide bonds. The molecule has 3 aromatic heterocycles. The van der Waals surface area contributed by atoms with Crippen LogP contribution in [-0.2, 0) is 11.2 Å². The largest absolute Gasteiger partial charge is 0.481 e. The lowest BCUT2D eigenvalue weighted by atomic mass is 10.1. The van der Waals surface area contributed by atoms with E-state index in [1.54, 1.807) is 34.5 Å². The predicted molar refractivity (Wildman–Crippen MR) is 116 cm³/mol. The fraction of sp³-hybridized carbons (Fsp3) is 0.227. The Balaban J connectivity index is 1.66. The van der Waals surface area contributed by atoms with Gasteiger partial charge < -0.3 is 10.4 Å². The fourth-order valence-corrected chi connectivity index (χ4v) is 3.62. The maximum Gasteiger partial charge on any atom is 0.307 e. The maximum atomic E-state index is 13.3. The maximum absolute atomic E-state index is 13.3. The molecule has 32 heavy (non-hydrogen) atoms. The smallest absolute Gasteiger partial charge is 0.307 e. The van der Waals surface area contributed by atoms with Crippen LogP contribution in [0.25, 0.3) is 11.5 Å². The van der Waals surface area contributed by atoms with E-state index in [-0.39, 0.29) is 12.2 Å². The first-order chi connectivity index (χ1) is 15.2. The second kappa shape index (κ2) is 8.22. The number of benzene rings is 1. The summed E-state index contributed by atoms with van der Waals surface area (Å²) in [5, 5.41) is 21.5. The van der Waals surface area contributed by atoms with Crippen molar-refractivity contribution in [3.8, 4) is 11.5 Å². The molecule has 0 atom stereocenters. The summed E-state index contributed by atoms with van der Waals surface area (Å²) in [5.41, 5.74) is 5.14. The minimum Gasteiger partial charge on any atom is -0.481 e. The van der Waals surface area contributed by atoms with E-state index in [0.717, 1.165) is 22.8 Å². The number of aliphatic carboxylic acids is 1. The van der Waals surface area contributed by atoms with Crippen LogP contribution in [0.1, 0.15) is 28.3 Å². The lowest BCUT2D eigenvalue weighted by Gasteiger charge is -2.09. The van der Waals surface area contributed by atoms with E-state index in [4.69, 9.17) is 5.11 Å². The van der Waals surface area contributed by atoms with Crippen LogP contribution in [0, 0.1) is 33.5 Å². The Morgan fingerprint density at radius 2 is 1.69 bits per heavy atom. The van der Waals surface area contributed by atoms with Crippen molar-refractivity contribution in [2.75, 3.05) is 5.32 Å². The number of rotatable bonds is 6. The van der Waals surface area contributed by atoms with Gasteiger partial charge in [-0.3, -0.25) is 4.79 Å². The van der Waals surface area contributed by atoms with E-state index in [9.17, 15) is 9.18 Å². The van der Waals surface area contributed by atoms with Gasteiger partial charge in [-0.05, 0) is 52.0 Å². The highest BCUT2D eigenvalue weighted by molar-refractivity contribution is 5.71. The van der Waals surface area contributed by atoms with Gasteiger partial charge in [-0.1, -0.05) is 0 Å². The number of hydrogen-bond acceptors (Lipinski definition) is 6. The number of nitrogens with zero attached hydrogens (tertiary/aromatic N) is 6. The lowest BCUT2D eigenvalue weighted by molar-refractivity contribution is -0.136. The summed E-state index contributed by atoms with van der Waals surface area (Å²) >= 11 is 0. The molecule has 0 aliphatic carbocycles. The van der Waals surface area contributed by atoms with Gasteiger partial charge in [0.05, 0.1) is 34.9 Å². The molecule has 0 bridgehead atoms. The number of halogens is 1. The third-order valence-corrected chi connectivity index (χ3v) is 5.25. The van der Waals surface area contributed by atoms with Gasteiger partial charge in [0, 0.05) is 17.3 Å². The summed E-state index contributed by atoms with van der Waals surface area (Å²) in [7, 11) is 0. The van der Waals surface area contributed by atoms with Gasteiger partial charge in [-0.15, -0.1) is 0 Å². The molecule has 0 radical (unpaired) electrons. The second-order valence-corrected chi connectivity index (χ2v) is 7.45. The first kappa shape index (κ1) is 21.2. The lowest BCUT2D eigenvalue weighted by Crippen LogP contribution is -2.06. The van der Waals surface area contributed by atoms with Gasteiger partial charge in [-0.25, -0.2) is 23.7 Å². The van der Waals surface area contributed by atoms with Crippen molar-refractivity contribution in [3.63, 3.8) is 0 Å². The number of carboxylic acid groups (broad SMARTS) is 1. The molecule has 0 saturated carbocycles. The Morgan fingerprint density at radius 1 is 1.00 bits per heavy atom. The molecule has 2 N–H and O–H groups in total. The number of aromatic nitrogens is 6. The van der Waals surface area contributed by atoms with Crippen LogP contribution in [0.2, 0.25) is 0 Å². The Kier molecular flexibility index (Phi) is 5.43. The number of anilines is 2. The monoisotopic (exact) mass is 435 g/mol. The van der Waals surface area contributed by atoms with E-state index in [1.807, 2.05) is 20.8 Å². The molecule has 10 heteroatoms. The molecular formula is C22H22FN7O2. The normalized spacial score (nSPS) is 11.0. The van der Waals surface area contributed by atoms with Gasteiger partial charge in [-0.2, -0.15) is 10.2 Å². The van der Waals surface area contributed by atoms with E-state index in [1.165, 1.54) is 18.5 Å². The molecule has 1 aromatic carbocycles. The number of carbonyl (C=O) groups is 1. The zero-order valence-electron chi connectivity index (χ0n) is 18.1. The minimum atomic E-state index is -0.912. The van der Waals surface area contributed by atoms with E-state index in [0.29, 0.717) is 28.6 Å². The van der Waals surface area contributed by atoms with Gasteiger partial charge in [0.25, 0.3) is 0 Å². The van der Waals surface area contributed by atoms with Crippen molar-refractivity contribution in [2.45, 2.75) is 34.1 Å². The average molecular weight is 435 g/mol. The van der Waals surface area contributed by atoms with Gasteiger partial charge in [0.1, 0.15) is 18.0 Å². The van der Waals surface area contributed by atoms with Crippen molar-refractivity contribution >= 4 is 17.5 Å². The number of nitrogens with one attached hydrogen (secondary N) is 1. The molecule has 0 saturated heterocycles. The molecule has 9 nitrogen and oxygen atoms in total. The van der Waals surface area contributed by atoms with E-state index >= 15 is 0 Å². The van der Waals surface area contributed by atoms with Crippen LogP contribution in [0.4, 0.5) is 15.9 Å². The van der Waals surface area contributed by atoms with Crippen molar-refractivity contribution in [3.05, 3.63) is 70.8 Å². The van der Waals surface area contributed by atoms with Crippen molar-refractivity contribution in [1.82, 2.24) is 29.5 Å². The second-order valence-electron chi connectivity index (χ2n) is 7.45. The van der Waals surface area contributed by atoms with Crippen molar-refractivity contribution in [2.24, 2.45) is 0 Å². The average Bonchev–Trinajstić information content (AvgIpc) is 3.19. The van der Waals surface area contributed by atoms with Crippen molar-refractivity contribution < 1.29 is 14.3 Å². The van der Waals surface area contributed by atoms with Crippen LogP contribution in [0.5, 0.6) is 0 Å². The summed E-state index contributed by atoms with van der Waals surface area (Å²) in [4.78, 5) is 19.8. The quantitative estimate of drug-likeness (QED) is 0.476. The molecule has 3 heterocycles. The van der Waals surface area contributed by atoms with Crippen LogP contribution in [-0.4, -0.2) is 40.6 Å². The zero-order valence-corrected chi connectivity index (χ0v) is 18.1. The Morgan fingerprint density at radius 3 is 2.38 bits per heavy atom. The molecule has 0 aliphatic heterocycles. The van der Waals surface area contributed by atoms with E-state index in [2.05, 4.69) is 25.5 Å². The van der Waals surface area contributed by atoms with Crippen LogP contribution >= 0.6 is 0 Å². The van der Waals surface area contributed by atoms with E-state index < -0.39 is 5.97 Å².